The molecule has 1 unspecified atom stereocenters. The van der Waals surface area contributed by atoms with Crippen LogP contribution in [0.3, 0.4) is 0 Å². The summed E-state index contributed by atoms with van der Waals surface area (Å²) in [5, 5.41) is 9.06. The molecule has 1 saturated heterocycles. The zero-order chi connectivity index (χ0) is 21.1. The van der Waals surface area contributed by atoms with Crippen LogP contribution in [0.15, 0.2) is 59.4 Å². The molecule has 1 aromatic heterocycles. The molecule has 3 aromatic rings. The Kier molecular flexibility index (Phi) is 5.61. The van der Waals surface area contributed by atoms with Crippen LogP contribution in [0, 0.1) is 5.92 Å². The summed E-state index contributed by atoms with van der Waals surface area (Å²) in [6.07, 6.45) is 1.81. The number of aromatic nitrogens is 2. The average Bonchev–Trinajstić information content (AvgIpc) is 2.78. The fourth-order valence-electron chi connectivity index (χ4n) is 3.95. The quantitative estimate of drug-likeness (QED) is 0.723. The SMILES string of the molecule is Cn1nc(C(=O)N2CCCC(CNC(=O)c3cccc4ccccc34)C2)ccc1=O. The topological polar surface area (TPSA) is 84.3 Å². The van der Waals surface area contributed by atoms with Gasteiger partial charge in [-0.2, -0.15) is 5.10 Å². The first kappa shape index (κ1) is 19.8. The van der Waals surface area contributed by atoms with Gasteiger partial charge in [-0.3, -0.25) is 14.4 Å². The molecule has 0 bridgehead atoms. The number of nitrogens with zero attached hydrogens (tertiary/aromatic N) is 3. The van der Waals surface area contributed by atoms with Gasteiger partial charge in [0.05, 0.1) is 0 Å². The maximum Gasteiger partial charge on any atom is 0.274 e. The summed E-state index contributed by atoms with van der Waals surface area (Å²) < 4.78 is 1.17. The van der Waals surface area contributed by atoms with Gasteiger partial charge < -0.3 is 10.2 Å². The predicted octanol–water partition coefficient (Wildman–Crippen LogP) is 2.22. The summed E-state index contributed by atoms with van der Waals surface area (Å²) in [6, 6.07) is 16.4. The molecule has 30 heavy (non-hydrogen) atoms. The third kappa shape index (κ3) is 4.10. The van der Waals surface area contributed by atoms with Gasteiger partial charge in [-0.05, 0) is 41.7 Å². The highest BCUT2D eigenvalue weighted by molar-refractivity contribution is 6.07. The molecule has 4 rings (SSSR count). The minimum Gasteiger partial charge on any atom is -0.352 e. The van der Waals surface area contributed by atoms with Crippen LogP contribution in [0.1, 0.15) is 33.7 Å². The fourth-order valence-corrected chi connectivity index (χ4v) is 3.95. The number of carbonyl (C=O) groups excluding carboxylic acids is 2. The number of rotatable bonds is 4. The molecule has 2 amide bonds. The second-order valence-electron chi connectivity index (χ2n) is 7.68. The number of hydrogen-bond donors (Lipinski definition) is 1. The van der Waals surface area contributed by atoms with E-state index in [9.17, 15) is 14.4 Å². The smallest absolute Gasteiger partial charge is 0.274 e. The maximum absolute atomic E-state index is 12.8. The maximum atomic E-state index is 12.8. The summed E-state index contributed by atoms with van der Waals surface area (Å²) in [5.74, 6) is -0.111. The van der Waals surface area contributed by atoms with Crippen LogP contribution in [-0.2, 0) is 7.05 Å². The number of nitrogens with one attached hydrogen (secondary N) is 1. The average molecular weight is 404 g/mol. The Morgan fingerprint density at radius 1 is 1.10 bits per heavy atom. The van der Waals surface area contributed by atoms with Crippen molar-refractivity contribution in [2.45, 2.75) is 12.8 Å². The summed E-state index contributed by atoms with van der Waals surface area (Å²) in [6.45, 7) is 1.71. The molecule has 0 spiro atoms. The Morgan fingerprint density at radius 2 is 1.90 bits per heavy atom. The summed E-state index contributed by atoms with van der Waals surface area (Å²) in [7, 11) is 1.53. The monoisotopic (exact) mass is 404 g/mol. The predicted molar refractivity (Wildman–Crippen MR) is 114 cm³/mol. The number of carbonyl (C=O) groups is 2. The minimum absolute atomic E-state index is 0.102. The summed E-state index contributed by atoms with van der Waals surface area (Å²) >= 11 is 0. The van der Waals surface area contributed by atoms with Crippen molar-refractivity contribution in [3.8, 4) is 0 Å². The first-order valence-corrected chi connectivity index (χ1v) is 10.1. The molecule has 2 aromatic carbocycles. The normalized spacial score (nSPS) is 16.4. The molecule has 1 aliphatic rings. The van der Waals surface area contributed by atoms with E-state index in [0.717, 1.165) is 23.6 Å². The van der Waals surface area contributed by atoms with Gasteiger partial charge in [-0.15, -0.1) is 0 Å². The van der Waals surface area contributed by atoms with E-state index in [4.69, 9.17) is 0 Å². The number of likely N-dealkylation sites (tertiary alicyclic amines) is 1. The Labute approximate surface area is 174 Å². The molecule has 1 N–H and O–H groups in total. The van der Waals surface area contributed by atoms with Gasteiger partial charge in [0.1, 0.15) is 5.69 Å². The first-order valence-electron chi connectivity index (χ1n) is 10.1. The van der Waals surface area contributed by atoms with Crippen LogP contribution in [-0.4, -0.2) is 46.1 Å². The van der Waals surface area contributed by atoms with Gasteiger partial charge in [0.25, 0.3) is 17.4 Å². The third-order valence-electron chi connectivity index (χ3n) is 5.57. The molecule has 1 aliphatic heterocycles. The molecule has 7 heteroatoms. The highest BCUT2D eigenvalue weighted by atomic mass is 16.2. The number of piperidine rings is 1. The lowest BCUT2D eigenvalue weighted by Crippen LogP contribution is -2.44. The Bertz CT molecular complexity index is 1150. The van der Waals surface area contributed by atoms with Crippen molar-refractivity contribution in [3.63, 3.8) is 0 Å². The summed E-state index contributed by atoms with van der Waals surface area (Å²) in [4.78, 5) is 38.8. The second kappa shape index (κ2) is 8.49. The molecule has 7 nitrogen and oxygen atoms in total. The standard InChI is InChI=1S/C23H24N4O3/c1-26-21(28)12-11-20(25-26)23(30)27-13-5-6-16(15-27)14-24-22(29)19-10-4-8-17-7-2-3-9-18(17)19/h2-4,7-12,16H,5-6,13-15H2,1H3,(H,24,29). The van der Waals surface area contributed by atoms with E-state index < -0.39 is 0 Å². The van der Waals surface area contributed by atoms with Crippen LogP contribution >= 0.6 is 0 Å². The molecule has 1 atom stereocenters. The number of amides is 2. The number of aryl methyl sites for hydroxylation is 1. The fraction of sp³-hybridized carbons (Fsp3) is 0.304. The molecule has 0 saturated carbocycles. The van der Waals surface area contributed by atoms with E-state index >= 15 is 0 Å². The lowest BCUT2D eigenvalue weighted by atomic mass is 9.97. The van der Waals surface area contributed by atoms with E-state index in [1.54, 1.807) is 4.90 Å². The molecule has 2 heterocycles. The van der Waals surface area contributed by atoms with Crippen molar-refractivity contribution in [1.82, 2.24) is 20.0 Å². The van der Waals surface area contributed by atoms with E-state index in [1.807, 2.05) is 42.5 Å². The highest BCUT2D eigenvalue weighted by Gasteiger charge is 2.26. The molecule has 1 fully saturated rings. The van der Waals surface area contributed by atoms with Gasteiger partial charge in [-0.1, -0.05) is 36.4 Å². The van der Waals surface area contributed by atoms with Crippen molar-refractivity contribution >= 4 is 22.6 Å². The van der Waals surface area contributed by atoms with Crippen LogP contribution < -0.4 is 10.9 Å². The zero-order valence-electron chi connectivity index (χ0n) is 16.9. The first-order chi connectivity index (χ1) is 14.5. The largest absolute Gasteiger partial charge is 0.352 e. The molecule has 154 valence electrons. The van der Waals surface area contributed by atoms with Crippen molar-refractivity contribution in [2.24, 2.45) is 13.0 Å². The third-order valence-corrected chi connectivity index (χ3v) is 5.57. The van der Waals surface area contributed by atoms with E-state index in [-0.39, 0.29) is 29.0 Å². The van der Waals surface area contributed by atoms with Crippen LogP contribution in [0.5, 0.6) is 0 Å². The molecular weight excluding hydrogens is 380 g/mol. The van der Waals surface area contributed by atoms with Gasteiger partial charge in [0.15, 0.2) is 0 Å². The Balaban J connectivity index is 1.40. The van der Waals surface area contributed by atoms with Crippen molar-refractivity contribution in [3.05, 3.63) is 76.2 Å². The Hall–Kier alpha value is -3.48. The van der Waals surface area contributed by atoms with Crippen molar-refractivity contribution in [1.29, 1.82) is 0 Å². The lowest BCUT2D eigenvalue weighted by molar-refractivity contribution is 0.0662. The van der Waals surface area contributed by atoms with Crippen molar-refractivity contribution < 1.29 is 9.59 Å². The number of fused-ring (bicyclic) bond motifs is 1. The van der Waals surface area contributed by atoms with E-state index in [1.165, 1.54) is 23.9 Å². The minimum atomic E-state index is -0.251. The zero-order valence-corrected chi connectivity index (χ0v) is 16.9. The summed E-state index contributed by atoms with van der Waals surface area (Å²) in [5.41, 5.74) is 0.669. The lowest BCUT2D eigenvalue weighted by Gasteiger charge is -2.32. The van der Waals surface area contributed by atoms with Gasteiger partial charge in [-0.25, -0.2) is 4.68 Å². The molecular formula is C23H24N4O3. The second-order valence-corrected chi connectivity index (χ2v) is 7.68. The van der Waals surface area contributed by atoms with Crippen LogP contribution in [0.4, 0.5) is 0 Å². The van der Waals surface area contributed by atoms with Crippen LogP contribution in [0.25, 0.3) is 10.8 Å². The van der Waals surface area contributed by atoms with Crippen molar-refractivity contribution in [2.75, 3.05) is 19.6 Å². The van der Waals surface area contributed by atoms with E-state index in [0.29, 0.717) is 25.2 Å². The molecule has 0 radical (unpaired) electrons. The Morgan fingerprint density at radius 3 is 2.73 bits per heavy atom. The van der Waals surface area contributed by atoms with Gasteiger partial charge in [0.2, 0.25) is 0 Å². The molecule has 0 aliphatic carbocycles. The van der Waals surface area contributed by atoms with Gasteiger partial charge >= 0.3 is 0 Å². The van der Waals surface area contributed by atoms with E-state index in [2.05, 4.69) is 10.4 Å². The number of hydrogen-bond acceptors (Lipinski definition) is 4. The van der Waals surface area contributed by atoms with Gasteiger partial charge in [0, 0.05) is 38.3 Å². The highest BCUT2D eigenvalue weighted by Crippen LogP contribution is 2.20. The van der Waals surface area contributed by atoms with Crippen LogP contribution in [0.2, 0.25) is 0 Å². The number of benzene rings is 2.